The van der Waals surface area contributed by atoms with E-state index in [0.717, 1.165) is 24.5 Å². The van der Waals surface area contributed by atoms with Crippen molar-refractivity contribution in [2.45, 2.75) is 57.5 Å². The molecule has 0 bridgehead atoms. The van der Waals surface area contributed by atoms with Gasteiger partial charge in [0.15, 0.2) is 0 Å². The molecule has 0 aromatic heterocycles. The Morgan fingerprint density at radius 2 is 1.65 bits per heavy atom. The van der Waals surface area contributed by atoms with Crippen molar-refractivity contribution in [1.82, 2.24) is 10.2 Å². The number of rotatable bonds is 3. The number of nitrogens with one attached hydrogen (secondary N) is 1. The van der Waals surface area contributed by atoms with Gasteiger partial charge >= 0.3 is 0 Å². The standard InChI is InChI=1S/C15H26N2/c1-3-10-17-11-8-15(9-12-17)16-14-6-4-13(2)5-7-14/h1,13-16H,4-12H2,2H3. The van der Waals surface area contributed by atoms with Crippen molar-refractivity contribution >= 4 is 0 Å². The Balaban J connectivity index is 1.66. The highest BCUT2D eigenvalue weighted by Gasteiger charge is 2.23. The summed E-state index contributed by atoms with van der Waals surface area (Å²) in [5, 5.41) is 3.86. The van der Waals surface area contributed by atoms with Gasteiger partial charge in [-0.25, -0.2) is 0 Å². The van der Waals surface area contributed by atoms with E-state index in [1.165, 1.54) is 51.6 Å². The molecule has 2 aliphatic rings. The van der Waals surface area contributed by atoms with E-state index in [0.29, 0.717) is 0 Å². The highest BCUT2D eigenvalue weighted by molar-refractivity contribution is 4.91. The lowest BCUT2D eigenvalue weighted by Crippen LogP contribution is -2.47. The highest BCUT2D eigenvalue weighted by Crippen LogP contribution is 2.24. The summed E-state index contributed by atoms with van der Waals surface area (Å²) in [4.78, 5) is 2.39. The molecule has 17 heavy (non-hydrogen) atoms. The molecule has 1 heterocycles. The monoisotopic (exact) mass is 234 g/mol. The largest absolute Gasteiger partial charge is 0.311 e. The topological polar surface area (TPSA) is 15.3 Å². The van der Waals surface area contributed by atoms with Gasteiger partial charge in [-0.3, -0.25) is 4.90 Å². The molecule has 0 radical (unpaired) electrons. The van der Waals surface area contributed by atoms with Crippen LogP contribution < -0.4 is 5.32 Å². The van der Waals surface area contributed by atoms with Crippen LogP contribution in [0.5, 0.6) is 0 Å². The first kappa shape index (κ1) is 12.9. The van der Waals surface area contributed by atoms with Gasteiger partial charge in [0, 0.05) is 25.2 Å². The molecule has 0 aromatic rings. The van der Waals surface area contributed by atoms with Gasteiger partial charge in [-0.05, 0) is 44.4 Å². The van der Waals surface area contributed by atoms with Crippen LogP contribution in [0.4, 0.5) is 0 Å². The molecule has 96 valence electrons. The molecule has 1 aliphatic heterocycles. The molecule has 0 atom stereocenters. The third-order valence-corrected chi connectivity index (χ3v) is 4.39. The molecular weight excluding hydrogens is 208 g/mol. The Morgan fingerprint density at radius 1 is 1.06 bits per heavy atom. The normalized spacial score (nSPS) is 32.2. The fraction of sp³-hybridized carbons (Fsp3) is 0.867. The Kier molecular flexibility index (Phi) is 4.88. The zero-order chi connectivity index (χ0) is 12.1. The number of hydrogen-bond donors (Lipinski definition) is 1. The van der Waals surface area contributed by atoms with Crippen LogP contribution in [0, 0.1) is 18.3 Å². The minimum absolute atomic E-state index is 0.738. The molecule has 2 fully saturated rings. The van der Waals surface area contributed by atoms with Crippen LogP contribution in [0.1, 0.15) is 45.4 Å². The van der Waals surface area contributed by atoms with Crippen LogP contribution in [0.3, 0.4) is 0 Å². The van der Waals surface area contributed by atoms with Crippen LogP contribution in [-0.4, -0.2) is 36.6 Å². The van der Waals surface area contributed by atoms with Crippen molar-refractivity contribution in [3.63, 3.8) is 0 Å². The maximum atomic E-state index is 5.35. The second-order valence-electron chi connectivity index (χ2n) is 5.88. The molecule has 1 saturated carbocycles. The zero-order valence-corrected chi connectivity index (χ0v) is 11.1. The Labute approximate surface area is 106 Å². The van der Waals surface area contributed by atoms with E-state index in [2.05, 4.69) is 23.1 Å². The first-order valence-corrected chi connectivity index (χ1v) is 7.20. The molecule has 0 amide bonds. The average molecular weight is 234 g/mol. The minimum atomic E-state index is 0.738. The van der Waals surface area contributed by atoms with Crippen molar-refractivity contribution < 1.29 is 0 Å². The molecule has 0 spiro atoms. The first-order valence-electron chi connectivity index (χ1n) is 7.20. The summed E-state index contributed by atoms with van der Waals surface area (Å²) in [7, 11) is 0. The molecule has 2 heteroatoms. The lowest BCUT2D eigenvalue weighted by atomic mass is 9.86. The third-order valence-electron chi connectivity index (χ3n) is 4.39. The lowest BCUT2D eigenvalue weighted by molar-refractivity contribution is 0.194. The van der Waals surface area contributed by atoms with E-state index < -0.39 is 0 Å². The van der Waals surface area contributed by atoms with Crippen molar-refractivity contribution in [3.05, 3.63) is 0 Å². The third kappa shape index (κ3) is 4.01. The maximum Gasteiger partial charge on any atom is 0.0598 e. The van der Waals surface area contributed by atoms with Crippen LogP contribution >= 0.6 is 0 Å². The molecule has 0 aromatic carbocycles. The van der Waals surface area contributed by atoms with Gasteiger partial charge in [-0.15, -0.1) is 6.42 Å². The summed E-state index contributed by atoms with van der Waals surface area (Å²) in [5.74, 6) is 3.69. The first-order chi connectivity index (χ1) is 8.28. The Morgan fingerprint density at radius 3 is 2.24 bits per heavy atom. The second kappa shape index (κ2) is 6.42. The molecule has 1 saturated heterocycles. The van der Waals surface area contributed by atoms with Crippen molar-refractivity contribution in [1.29, 1.82) is 0 Å². The molecule has 1 N–H and O–H groups in total. The van der Waals surface area contributed by atoms with Crippen molar-refractivity contribution in [2.24, 2.45) is 5.92 Å². The summed E-state index contributed by atoms with van der Waals surface area (Å²) in [6.07, 6.45) is 13.5. The van der Waals surface area contributed by atoms with Crippen LogP contribution in [-0.2, 0) is 0 Å². The van der Waals surface area contributed by atoms with Gasteiger partial charge in [-0.2, -0.15) is 0 Å². The van der Waals surface area contributed by atoms with Gasteiger partial charge in [0.25, 0.3) is 0 Å². The summed E-state index contributed by atoms with van der Waals surface area (Å²) in [5.41, 5.74) is 0. The number of hydrogen-bond acceptors (Lipinski definition) is 2. The van der Waals surface area contributed by atoms with Crippen LogP contribution in [0.2, 0.25) is 0 Å². The van der Waals surface area contributed by atoms with E-state index in [-0.39, 0.29) is 0 Å². The SMILES string of the molecule is C#CCN1CCC(NC2CCC(C)CC2)CC1. The molecule has 2 nitrogen and oxygen atoms in total. The summed E-state index contributed by atoms with van der Waals surface area (Å²) in [6.45, 7) is 5.55. The second-order valence-corrected chi connectivity index (χ2v) is 5.88. The number of piperidine rings is 1. The summed E-state index contributed by atoms with van der Waals surface area (Å²) < 4.78 is 0. The minimum Gasteiger partial charge on any atom is -0.311 e. The van der Waals surface area contributed by atoms with E-state index in [4.69, 9.17) is 6.42 Å². The number of nitrogens with zero attached hydrogens (tertiary/aromatic N) is 1. The summed E-state index contributed by atoms with van der Waals surface area (Å²) in [6, 6.07) is 1.53. The van der Waals surface area contributed by atoms with Crippen LogP contribution in [0.15, 0.2) is 0 Å². The van der Waals surface area contributed by atoms with Gasteiger partial charge in [0.2, 0.25) is 0 Å². The maximum absolute atomic E-state index is 5.35. The van der Waals surface area contributed by atoms with E-state index in [1.54, 1.807) is 0 Å². The van der Waals surface area contributed by atoms with E-state index in [9.17, 15) is 0 Å². The van der Waals surface area contributed by atoms with Gasteiger partial charge in [0.05, 0.1) is 6.54 Å². The number of terminal acetylenes is 1. The van der Waals surface area contributed by atoms with Gasteiger partial charge in [-0.1, -0.05) is 12.8 Å². The Hall–Kier alpha value is -0.520. The molecule has 2 rings (SSSR count). The Bertz CT molecular complexity index is 253. The van der Waals surface area contributed by atoms with E-state index >= 15 is 0 Å². The predicted octanol–water partition coefficient (Wildman–Crippen LogP) is 2.25. The average Bonchev–Trinajstić information content (AvgIpc) is 2.35. The fourth-order valence-corrected chi connectivity index (χ4v) is 3.15. The smallest absolute Gasteiger partial charge is 0.0598 e. The van der Waals surface area contributed by atoms with Gasteiger partial charge < -0.3 is 5.32 Å². The van der Waals surface area contributed by atoms with Crippen LogP contribution in [0.25, 0.3) is 0 Å². The molecule has 0 unspecified atom stereocenters. The van der Waals surface area contributed by atoms with E-state index in [1.807, 2.05) is 0 Å². The zero-order valence-electron chi connectivity index (χ0n) is 11.1. The number of likely N-dealkylation sites (tertiary alicyclic amines) is 1. The highest BCUT2D eigenvalue weighted by atomic mass is 15.1. The molecular formula is C15H26N2. The van der Waals surface area contributed by atoms with Crippen molar-refractivity contribution in [3.8, 4) is 12.3 Å². The van der Waals surface area contributed by atoms with Crippen molar-refractivity contribution in [2.75, 3.05) is 19.6 Å². The van der Waals surface area contributed by atoms with Gasteiger partial charge in [0.1, 0.15) is 0 Å². The quantitative estimate of drug-likeness (QED) is 0.754. The fourth-order valence-electron chi connectivity index (χ4n) is 3.15. The molecule has 1 aliphatic carbocycles. The predicted molar refractivity (Wildman–Crippen MR) is 72.9 cm³/mol. The lowest BCUT2D eigenvalue weighted by Gasteiger charge is -2.35. The summed E-state index contributed by atoms with van der Waals surface area (Å²) >= 11 is 0.